The van der Waals surface area contributed by atoms with Gasteiger partial charge in [0.25, 0.3) is 5.91 Å². The molecule has 0 saturated carbocycles. The number of hydrogen-bond acceptors (Lipinski definition) is 4. The summed E-state index contributed by atoms with van der Waals surface area (Å²) in [5.41, 5.74) is 0.351. The van der Waals surface area contributed by atoms with Gasteiger partial charge in [0.2, 0.25) is 0 Å². The number of carbonyl (C=O) groups is 2. The van der Waals surface area contributed by atoms with Crippen LogP contribution in [0.2, 0.25) is 0 Å². The Balaban J connectivity index is 1.79. The first-order valence-corrected chi connectivity index (χ1v) is 9.73. The van der Waals surface area contributed by atoms with Crippen molar-refractivity contribution in [1.29, 1.82) is 0 Å². The number of aliphatic hydroxyl groups is 1. The molecule has 1 amide bonds. The van der Waals surface area contributed by atoms with Crippen molar-refractivity contribution in [3.8, 4) is 0 Å². The fourth-order valence-electron chi connectivity index (χ4n) is 3.04. The van der Waals surface area contributed by atoms with Crippen LogP contribution in [0.3, 0.4) is 0 Å². The molecule has 32 heavy (non-hydrogen) atoms. The lowest BCUT2D eigenvalue weighted by Gasteiger charge is -2.24. The van der Waals surface area contributed by atoms with Crippen LogP contribution < -0.4 is 5.32 Å². The second-order valence-corrected chi connectivity index (χ2v) is 7.03. The predicted molar refractivity (Wildman–Crippen MR) is 110 cm³/mol. The largest absolute Gasteiger partial charge is 0.461 e. The zero-order chi connectivity index (χ0) is 23.1. The molecule has 0 aliphatic rings. The van der Waals surface area contributed by atoms with Gasteiger partial charge < -0.3 is 15.2 Å². The molecule has 2 N–H and O–H groups in total. The molecule has 0 spiro atoms. The fourth-order valence-corrected chi connectivity index (χ4v) is 3.04. The van der Waals surface area contributed by atoms with Crippen LogP contribution in [0.25, 0.3) is 0 Å². The van der Waals surface area contributed by atoms with Crippen LogP contribution in [0.1, 0.15) is 34.0 Å². The second-order valence-electron chi connectivity index (χ2n) is 7.03. The summed E-state index contributed by atoms with van der Waals surface area (Å²) >= 11 is 0. The summed E-state index contributed by atoms with van der Waals surface area (Å²) in [5, 5.41) is 13.1. The number of nitrogens with one attached hydrogen (secondary N) is 1. The molecule has 5 nitrogen and oxygen atoms in total. The number of esters is 1. The van der Waals surface area contributed by atoms with E-state index in [1.54, 1.807) is 48.5 Å². The van der Waals surface area contributed by atoms with Crippen LogP contribution in [-0.4, -0.2) is 23.0 Å². The quantitative estimate of drug-likeness (QED) is 0.407. The third-order valence-corrected chi connectivity index (χ3v) is 4.72. The number of rotatable bonds is 8. The molecule has 166 valence electrons. The lowest BCUT2D eigenvalue weighted by atomic mass is 9.98. The molecule has 3 aromatic carbocycles. The highest BCUT2D eigenvalue weighted by Crippen LogP contribution is 2.25. The minimum absolute atomic E-state index is 0.0470. The Hall–Kier alpha value is -3.65. The van der Waals surface area contributed by atoms with Crippen molar-refractivity contribution in [3.63, 3.8) is 0 Å². The van der Waals surface area contributed by atoms with Crippen molar-refractivity contribution in [2.75, 3.05) is 0 Å². The lowest BCUT2D eigenvalue weighted by Crippen LogP contribution is -2.41. The first kappa shape index (κ1) is 23.0. The Morgan fingerprint density at radius 2 is 1.47 bits per heavy atom. The molecule has 8 heteroatoms. The highest BCUT2D eigenvalue weighted by Gasteiger charge is 2.29. The van der Waals surface area contributed by atoms with Crippen molar-refractivity contribution in [2.45, 2.75) is 25.2 Å². The highest BCUT2D eigenvalue weighted by molar-refractivity contribution is 5.94. The SMILES string of the molecule is O=C(C[C@H](NC(=O)c1ccccc1)C(O)c1cc(F)c(F)cc1F)OCc1ccccc1. The Morgan fingerprint density at radius 1 is 0.875 bits per heavy atom. The van der Waals surface area contributed by atoms with Gasteiger partial charge in [-0.15, -0.1) is 0 Å². The molecule has 1 unspecified atom stereocenters. The molecule has 0 heterocycles. The highest BCUT2D eigenvalue weighted by atomic mass is 19.2. The standard InChI is InChI=1S/C24H20F3NO4/c25-18-12-20(27)19(26)11-17(18)23(30)21(28-24(31)16-9-5-2-6-10-16)13-22(29)32-14-15-7-3-1-4-8-15/h1-12,21,23,30H,13-14H2,(H,28,31)/t21-,23?/m0/s1. The number of amides is 1. The molecule has 0 aromatic heterocycles. The molecule has 0 aliphatic heterocycles. The number of aliphatic hydroxyl groups excluding tert-OH is 1. The van der Waals surface area contributed by atoms with Gasteiger partial charge in [0, 0.05) is 17.2 Å². The summed E-state index contributed by atoms with van der Waals surface area (Å²) in [6.45, 7) is -0.0470. The third-order valence-electron chi connectivity index (χ3n) is 4.72. The summed E-state index contributed by atoms with van der Waals surface area (Å²) in [5.74, 6) is -5.44. The van der Waals surface area contributed by atoms with E-state index < -0.39 is 53.5 Å². The predicted octanol–water partition coefficient (Wildman–Crippen LogP) is 4.07. The van der Waals surface area contributed by atoms with Crippen LogP contribution in [0, 0.1) is 17.5 Å². The van der Waals surface area contributed by atoms with E-state index in [9.17, 15) is 27.9 Å². The first-order chi connectivity index (χ1) is 15.3. The Bertz CT molecular complexity index is 1080. The molecule has 0 fully saturated rings. The van der Waals surface area contributed by atoms with E-state index in [2.05, 4.69) is 5.32 Å². The van der Waals surface area contributed by atoms with E-state index in [0.29, 0.717) is 6.07 Å². The third kappa shape index (κ3) is 5.95. The van der Waals surface area contributed by atoms with Crippen LogP contribution in [0.5, 0.6) is 0 Å². The van der Waals surface area contributed by atoms with E-state index in [1.807, 2.05) is 0 Å². The Kier molecular flexibility index (Phi) is 7.62. The van der Waals surface area contributed by atoms with E-state index in [-0.39, 0.29) is 18.2 Å². The van der Waals surface area contributed by atoms with Crippen molar-refractivity contribution in [2.24, 2.45) is 0 Å². The summed E-state index contributed by atoms with van der Waals surface area (Å²) < 4.78 is 46.3. The molecule has 0 saturated heterocycles. The topological polar surface area (TPSA) is 75.6 Å². The minimum atomic E-state index is -1.85. The summed E-state index contributed by atoms with van der Waals surface area (Å²) in [6, 6.07) is 16.2. The maximum Gasteiger partial charge on any atom is 0.308 e. The smallest absolute Gasteiger partial charge is 0.308 e. The summed E-state index contributed by atoms with van der Waals surface area (Å²) in [7, 11) is 0. The van der Waals surface area contributed by atoms with Crippen LogP contribution in [0.15, 0.2) is 72.8 Å². The molecular weight excluding hydrogens is 423 g/mol. The molecule has 0 bridgehead atoms. The Labute approximate surface area is 182 Å². The maximum atomic E-state index is 14.2. The van der Waals surface area contributed by atoms with E-state index in [1.165, 1.54) is 12.1 Å². The van der Waals surface area contributed by atoms with Gasteiger partial charge in [-0.3, -0.25) is 9.59 Å². The average Bonchev–Trinajstić information content (AvgIpc) is 2.80. The summed E-state index contributed by atoms with van der Waals surface area (Å²) in [4.78, 5) is 24.9. The van der Waals surface area contributed by atoms with E-state index in [0.717, 1.165) is 5.56 Å². The molecule has 2 atom stereocenters. The maximum absolute atomic E-state index is 14.2. The van der Waals surface area contributed by atoms with Gasteiger partial charge in [0.05, 0.1) is 12.5 Å². The van der Waals surface area contributed by atoms with Gasteiger partial charge in [-0.05, 0) is 23.8 Å². The van der Waals surface area contributed by atoms with Crippen LogP contribution in [0.4, 0.5) is 13.2 Å². The molecular formula is C24H20F3NO4. The zero-order valence-electron chi connectivity index (χ0n) is 16.8. The average molecular weight is 443 g/mol. The number of benzene rings is 3. The van der Waals surface area contributed by atoms with E-state index >= 15 is 0 Å². The van der Waals surface area contributed by atoms with Crippen molar-refractivity contribution < 1.29 is 32.6 Å². The fraction of sp³-hybridized carbons (Fsp3) is 0.167. The van der Waals surface area contributed by atoms with Crippen molar-refractivity contribution >= 4 is 11.9 Å². The monoisotopic (exact) mass is 443 g/mol. The van der Waals surface area contributed by atoms with Gasteiger partial charge in [0.15, 0.2) is 11.6 Å². The number of carbonyl (C=O) groups excluding carboxylic acids is 2. The summed E-state index contributed by atoms with van der Waals surface area (Å²) in [6.07, 6.45) is -2.38. The molecule has 0 aliphatic carbocycles. The van der Waals surface area contributed by atoms with Crippen molar-refractivity contribution in [3.05, 3.63) is 107 Å². The number of halogens is 3. The van der Waals surface area contributed by atoms with Gasteiger partial charge in [-0.1, -0.05) is 48.5 Å². The lowest BCUT2D eigenvalue weighted by molar-refractivity contribution is -0.146. The van der Waals surface area contributed by atoms with Crippen LogP contribution in [-0.2, 0) is 16.1 Å². The number of hydrogen-bond donors (Lipinski definition) is 2. The van der Waals surface area contributed by atoms with Gasteiger partial charge in [-0.2, -0.15) is 0 Å². The van der Waals surface area contributed by atoms with Gasteiger partial charge in [-0.25, -0.2) is 13.2 Å². The van der Waals surface area contributed by atoms with Gasteiger partial charge in [0.1, 0.15) is 18.5 Å². The molecule has 3 aromatic rings. The Morgan fingerprint density at radius 3 is 2.12 bits per heavy atom. The van der Waals surface area contributed by atoms with Gasteiger partial charge >= 0.3 is 5.97 Å². The molecule has 3 rings (SSSR count). The van der Waals surface area contributed by atoms with Crippen molar-refractivity contribution in [1.82, 2.24) is 5.32 Å². The normalized spacial score (nSPS) is 12.6. The number of ether oxygens (including phenoxy) is 1. The van der Waals surface area contributed by atoms with E-state index in [4.69, 9.17) is 4.74 Å². The zero-order valence-corrected chi connectivity index (χ0v) is 16.8. The minimum Gasteiger partial charge on any atom is -0.461 e. The second kappa shape index (κ2) is 10.6. The molecule has 0 radical (unpaired) electrons. The first-order valence-electron chi connectivity index (χ1n) is 9.73. The van der Waals surface area contributed by atoms with Crippen LogP contribution >= 0.6 is 0 Å².